The monoisotopic (exact) mass is 424 g/mol. The van der Waals surface area contributed by atoms with Gasteiger partial charge in [0.2, 0.25) is 5.91 Å². The zero-order valence-electron chi connectivity index (χ0n) is 17.8. The van der Waals surface area contributed by atoms with Crippen molar-refractivity contribution < 1.29 is 14.0 Å². The number of benzene rings is 1. The number of rotatable bonds is 5. The predicted octanol–water partition coefficient (Wildman–Crippen LogP) is 3.20. The molecule has 2 aliphatic heterocycles. The van der Waals surface area contributed by atoms with Crippen LogP contribution in [0.25, 0.3) is 0 Å². The molecule has 0 radical (unpaired) electrons. The molecule has 164 valence electrons. The predicted molar refractivity (Wildman–Crippen MR) is 117 cm³/mol. The molecule has 0 bridgehead atoms. The van der Waals surface area contributed by atoms with Gasteiger partial charge in [0.1, 0.15) is 11.6 Å². The summed E-state index contributed by atoms with van der Waals surface area (Å²) in [6.07, 6.45) is 4.92. The summed E-state index contributed by atoms with van der Waals surface area (Å²) in [6.45, 7) is 4.30. The smallest absolute Gasteiger partial charge is 0.256 e. The van der Waals surface area contributed by atoms with Gasteiger partial charge in [-0.3, -0.25) is 9.59 Å². The molecule has 7 heteroatoms. The van der Waals surface area contributed by atoms with Crippen molar-refractivity contribution in [2.24, 2.45) is 5.92 Å². The Balaban J connectivity index is 1.18. The molecule has 4 rings (SSSR count). The zero-order valence-corrected chi connectivity index (χ0v) is 17.8. The van der Waals surface area contributed by atoms with Crippen LogP contribution in [0.15, 0.2) is 48.7 Å². The van der Waals surface area contributed by atoms with Gasteiger partial charge < -0.3 is 14.7 Å². The summed E-state index contributed by atoms with van der Waals surface area (Å²) in [5, 5.41) is 0. The number of piperidine rings is 1. The zero-order chi connectivity index (χ0) is 21.6. The largest absolute Gasteiger partial charge is 0.353 e. The third-order valence-electron chi connectivity index (χ3n) is 6.38. The number of nitrogens with zero attached hydrogens (tertiary/aromatic N) is 4. The van der Waals surface area contributed by atoms with Gasteiger partial charge in [0.15, 0.2) is 0 Å². The highest BCUT2D eigenvalue weighted by molar-refractivity contribution is 5.94. The molecule has 31 heavy (non-hydrogen) atoms. The van der Waals surface area contributed by atoms with E-state index < -0.39 is 5.82 Å². The molecule has 2 fully saturated rings. The molecule has 3 heterocycles. The summed E-state index contributed by atoms with van der Waals surface area (Å²) < 4.78 is 13.9. The van der Waals surface area contributed by atoms with Crippen LogP contribution in [-0.4, -0.2) is 65.9 Å². The second-order valence-corrected chi connectivity index (χ2v) is 8.31. The Bertz CT molecular complexity index is 891. The highest BCUT2D eigenvalue weighted by Gasteiger charge is 2.27. The quantitative estimate of drug-likeness (QED) is 0.740. The van der Waals surface area contributed by atoms with Crippen molar-refractivity contribution in [1.82, 2.24) is 14.8 Å². The van der Waals surface area contributed by atoms with Gasteiger partial charge in [-0.1, -0.05) is 18.2 Å². The van der Waals surface area contributed by atoms with E-state index in [1.165, 1.54) is 12.1 Å². The van der Waals surface area contributed by atoms with Crippen LogP contribution < -0.4 is 4.90 Å². The number of halogens is 1. The molecular weight excluding hydrogens is 395 g/mol. The normalized spacial score (nSPS) is 17.6. The van der Waals surface area contributed by atoms with Gasteiger partial charge in [0, 0.05) is 51.9 Å². The number of amides is 2. The average Bonchev–Trinajstić information content (AvgIpc) is 2.83. The molecule has 6 nitrogen and oxygen atoms in total. The topological polar surface area (TPSA) is 56.8 Å². The molecule has 1 aromatic carbocycles. The van der Waals surface area contributed by atoms with Gasteiger partial charge in [-0.25, -0.2) is 9.37 Å². The standard InChI is InChI=1S/C24H29FN4O2/c25-21-6-2-1-5-20(21)24(31)29-13-10-19(11-14-29)8-9-23(30)28-17-15-27(16-18-28)22-7-3-4-12-26-22/h1-7,12,19H,8-11,13-18H2. The molecule has 0 aliphatic carbocycles. The first kappa shape index (κ1) is 21.3. The maximum absolute atomic E-state index is 13.9. The van der Waals surface area contributed by atoms with Gasteiger partial charge in [0.05, 0.1) is 5.56 Å². The fourth-order valence-corrected chi connectivity index (χ4v) is 4.44. The van der Waals surface area contributed by atoms with E-state index >= 15 is 0 Å². The number of aromatic nitrogens is 1. The Labute approximate surface area is 182 Å². The summed E-state index contributed by atoms with van der Waals surface area (Å²) in [4.78, 5) is 35.5. The second kappa shape index (κ2) is 9.90. The van der Waals surface area contributed by atoms with Crippen molar-refractivity contribution in [2.75, 3.05) is 44.2 Å². The number of pyridine rings is 1. The van der Waals surface area contributed by atoms with Crippen molar-refractivity contribution in [3.63, 3.8) is 0 Å². The number of likely N-dealkylation sites (tertiary alicyclic amines) is 1. The molecule has 1 aromatic heterocycles. The van der Waals surface area contributed by atoms with Crippen molar-refractivity contribution in [1.29, 1.82) is 0 Å². The van der Waals surface area contributed by atoms with Crippen molar-refractivity contribution in [2.45, 2.75) is 25.7 Å². The lowest BCUT2D eigenvalue weighted by Gasteiger charge is -2.36. The van der Waals surface area contributed by atoms with Gasteiger partial charge >= 0.3 is 0 Å². The SMILES string of the molecule is O=C(CCC1CCN(C(=O)c2ccccc2F)CC1)N1CCN(c2ccccn2)CC1. The molecule has 0 N–H and O–H groups in total. The van der Waals surface area contributed by atoms with E-state index in [1.54, 1.807) is 23.2 Å². The molecular formula is C24H29FN4O2. The van der Waals surface area contributed by atoms with Gasteiger partial charge in [-0.2, -0.15) is 0 Å². The summed E-state index contributed by atoms with van der Waals surface area (Å²) in [5.74, 6) is 0.905. The van der Waals surface area contributed by atoms with Crippen LogP contribution in [0.4, 0.5) is 10.2 Å². The van der Waals surface area contributed by atoms with E-state index in [9.17, 15) is 14.0 Å². The first-order chi connectivity index (χ1) is 15.1. The number of carbonyl (C=O) groups excluding carboxylic acids is 2. The lowest BCUT2D eigenvalue weighted by Crippen LogP contribution is -2.49. The van der Waals surface area contributed by atoms with Crippen LogP contribution in [0, 0.1) is 11.7 Å². The molecule has 0 atom stereocenters. The van der Waals surface area contributed by atoms with E-state index in [0.29, 0.717) is 25.4 Å². The molecule has 0 unspecified atom stereocenters. The van der Waals surface area contributed by atoms with E-state index in [-0.39, 0.29) is 17.4 Å². The minimum Gasteiger partial charge on any atom is -0.353 e. The van der Waals surface area contributed by atoms with E-state index in [2.05, 4.69) is 9.88 Å². The summed E-state index contributed by atoms with van der Waals surface area (Å²) in [6, 6.07) is 12.0. The maximum atomic E-state index is 13.9. The highest BCUT2D eigenvalue weighted by Crippen LogP contribution is 2.24. The minimum atomic E-state index is -0.469. The van der Waals surface area contributed by atoms with Crippen LogP contribution >= 0.6 is 0 Å². The Hall–Kier alpha value is -2.96. The lowest BCUT2D eigenvalue weighted by atomic mass is 9.91. The fourth-order valence-electron chi connectivity index (χ4n) is 4.44. The van der Waals surface area contributed by atoms with Crippen LogP contribution in [0.5, 0.6) is 0 Å². The molecule has 0 spiro atoms. The maximum Gasteiger partial charge on any atom is 0.256 e. The molecule has 2 amide bonds. The summed E-state index contributed by atoms with van der Waals surface area (Å²) >= 11 is 0. The van der Waals surface area contributed by atoms with Gasteiger partial charge in [0.25, 0.3) is 5.91 Å². The van der Waals surface area contributed by atoms with Crippen molar-refractivity contribution in [3.8, 4) is 0 Å². The first-order valence-electron chi connectivity index (χ1n) is 11.1. The van der Waals surface area contributed by atoms with Crippen LogP contribution in [0.1, 0.15) is 36.0 Å². The van der Waals surface area contributed by atoms with Crippen LogP contribution in [0.2, 0.25) is 0 Å². The third-order valence-corrected chi connectivity index (χ3v) is 6.38. The third kappa shape index (κ3) is 5.21. The Morgan fingerprint density at radius 2 is 1.61 bits per heavy atom. The minimum absolute atomic E-state index is 0.140. The van der Waals surface area contributed by atoms with Gasteiger partial charge in [-0.15, -0.1) is 0 Å². The van der Waals surface area contributed by atoms with Crippen molar-refractivity contribution in [3.05, 3.63) is 60.0 Å². The van der Waals surface area contributed by atoms with E-state index in [0.717, 1.165) is 51.3 Å². The lowest BCUT2D eigenvalue weighted by molar-refractivity contribution is -0.131. The molecule has 2 aliphatic rings. The van der Waals surface area contributed by atoms with Crippen molar-refractivity contribution >= 4 is 17.6 Å². The number of hydrogen-bond donors (Lipinski definition) is 0. The molecule has 0 saturated carbocycles. The first-order valence-corrected chi connectivity index (χ1v) is 11.1. The van der Waals surface area contributed by atoms with E-state index in [4.69, 9.17) is 0 Å². The Morgan fingerprint density at radius 3 is 2.29 bits per heavy atom. The highest BCUT2D eigenvalue weighted by atomic mass is 19.1. The summed E-state index contributed by atoms with van der Waals surface area (Å²) in [7, 11) is 0. The molecule has 2 saturated heterocycles. The number of carbonyl (C=O) groups is 2. The Kier molecular flexibility index (Phi) is 6.79. The molecule has 2 aromatic rings. The summed E-state index contributed by atoms with van der Waals surface area (Å²) in [5.41, 5.74) is 0.140. The number of anilines is 1. The fraction of sp³-hybridized carbons (Fsp3) is 0.458. The van der Waals surface area contributed by atoms with E-state index in [1.807, 2.05) is 23.1 Å². The average molecular weight is 425 g/mol. The number of piperazine rings is 1. The Morgan fingerprint density at radius 1 is 0.903 bits per heavy atom. The van der Waals surface area contributed by atoms with Crippen LogP contribution in [0.3, 0.4) is 0 Å². The van der Waals surface area contributed by atoms with Gasteiger partial charge in [-0.05, 0) is 49.4 Å². The van der Waals surface area contributed by atoms with Crippen LogP contribution in [-0.2, 0) is 4.79 Å². The second-order valence-electron chi connectivity index (χ2n) is 8.31. The number of hydrogen-bond acceptors (Lipinski definition) is 4.